The van der Waals surface area contributed by atoms with Gasteiger partial charge >= 0.3 is 5.63 Å². The highest BCUT2D eigenvalue weighted by Crippen LogP contribution is 2.26. The van der Waals surface area contributed by atoms with Crippen molar-refractivity contribution >= 4 is 22.6 Å². The molecule has 100 valence electrons. The van der Waals surface area contributed by atoms with Gasteiger partial charge in [0.2, 0.25) is 5.75 Å². The fourth-order valence-corrected chi connectivity index (χ4v) is 2.04. The van der Waals surface area contributed by atoms with Crippen molar-refractivity contribution in [3.63, 3.8) is 0 Å². The summed E-state index contributed by atoms with van der Waals surface area (Å²) in [6.45, 7) is 1.87. The normalized spacial score (nSPS) is 10.7. The van der Waals surface area contributed by atoms with Crippen molar-refractivity contribution in [2.75, 3.05) is 0 Å². The smallest absolute Gasteiger partial charge is 0.379 e. The highest BCUT2D eigenvalue weighted by Gasteiger charge is 2.08. The Morgan fingerprint density at radius 1 is 1.10 bits per heavy atom. The topological polar surface area (TPSA) is 39.4 Å². The molecule has 0 fully saturated rings. The molecule has 2 aromatic carbocycles. The molecule has 0 saturated heterocycles. The van der Waals surface area contributed by atoms with Crippen LogP contribution in [0.1, 0.15) is 5.56 Å². The highest BCUT2D eigenvalue weighted by molar-refractivity contribution is 6.31. The fourth-order valence-electron chi connectivity index (χ4n) is 1.92. The van der Waals surface area contributed by atoms with Crippen LogP contribution in [0.3, 0.4) is 0 Å². The number of aryl methyl sites for hydroxylation is 1. The summed E-state index contributed by atoms with van der Waals surface area (Å²) in [5.41, 5.74) is 0.919. The quantitative estimate of drug-likeness (QED) is 0.649. The zero-order valence-electron chi connectivity index (χ0n) is 10.7. The first kappa shape index (κ1) is 12.8. The molecule has 1 aromatic heterocycles. The van der Waals surface area contributed by atoms with E-state index in [2.05, 4.69) is 0 Å². The summed E-state index contributed by atoms with van der Waals surface area (Å²) in [5.74, 6) is 0.708. The second kappa shape index (κ2) is 5.02. The van der Waals surface area contributed by atoms with Gasteiger partial charge in [0.1, 0.15) is 11.3 Å². The molecule has 3 rings (SSSR count). The van der Waals surface area contributed by atoms with Crippen LogP contribution in [0.25, 0.3) is 11.0 Å². The molecule has 0 N–H and O–H groups in total. The Kier molecular flexibility index (Phi) is 3.20. The number of hydrogen-bond acceptors (Lipinski definition) is 3. The third-order valence-electron chi connectivity index (χ3n) is 2.97. The Balaban J connectivity index is 2.03. The number of rotatable bonds is 2. The van der Waals surface area contributed by atoms with E-state index in [-0.39, 0.29) is 5.75 Å². The van der Waals surface area contributed by atoms with Gasteiger partial charge in [0.05, 0.1) is 0 Å². The Bertz CT molecular complexity index is 836. The third kappa shape index (κ3) is 2.40. The Morgan fingerprint density at radius 3 is 2.70 bits per heavy atom. The number of ether oxygens (including phenoxy) is 1. The van der Waals surface area contributed by atoms with E-state index in [1.54, 1.807) is 30.3 Å². The first-order chi connectivity index (χ1) is 9.63. The second-order valence-corrected chi connectivity index (χ2v) is 4.86. The lowest BCUT2D eigenvalue weighted by atomic mass is 10.2. The molecule has 0 aliphatic carbocycles. The van der Waals surface area contributed by atoms with E-state index in [4.69, 9.17) is 20.8 Å². The SMILES string of the molecule is Cc1cc(Oc2cc3ccccc3oc2=O)ccc1Cl. The van der Waals surface area contributed by atoms with Crippen LogP contribution in [0, 0.1) is 6.92 Å². The third-order valence-corrected chi connectivity index (χ3v) is 3.39. The van der Waals surface area contributed by atoms with Crippen molar-refractivity contribution in [3.8, 4) is 11.5 Å². The summed E-state index contributed by atoms with van der Waals surface area (Å²) >= 11 is 5.96. The maximum Gasteiger partial charge on any atom is 0.379 e. The van der Waals surface area contributed by atoms with E-state index in [0.717, 1.165) is 10.9 Å². The van der Waals surface area contributed by atoms with Crippen molar-refractivity contribution in [1.82, 2.24) is 0 Å². The zero-order valence-corrected chi connectivity index (χ0v) is 11.5. The lowest BCUT2D eigenvalue weighted by molar-refractivity contribution is 0.437. The molecule has 3 nitrogen and oxygen atoms in total. The summed E-state index contributed by atoms with van der Waals surface area (Å²) in [5, 5.41) is 1.47. The molecule has 1 heterocycles. The van der Waals surface area contributed by atoms with Crippen molar-refractivity contribution in [3.05, 3.63) is 69.5 Å². The largest absolute Gasteiger partial charge is 0.450 e. The number of halogens is 1. The minimum atomic E-state index is -0.503. The van der Waals surface area contributed by atoms with Crippen molar-refractivity contribution in [2.24, 2.45) is 0 Å². The van der Waals surface area contributed by atoms with Crippen LogP contribution in [0.4, 0.5) is 0 Å². The van der Waals surface area contributed by atoms with E-state index in [9.17, 15) is 4.79 Å². The van der Waals surface area contributed by atoms with Crippen LogP contribution in [-0.4, -0.2) is 0 Å². The molecule has 20 heavy (non-hydrogen) atoms. The van der Waals surface area contributed by atoms with E-state index < -0.39 is 5.63 Å². The first-order valence-corrected chi connectivity index (χ1v) is 6.48. The number of hydrogen-bond donors (Lipinski definition) is 0. The van der Waals surface area contributed by atoms with E-state index in [1.165, 1.54) is 0 Å². The molecule has 0 aliphatic rings. The van der Waals surface area contributed by atoms with Crippen LogP contribution in [0.5, 0.6) is 11.5 Å². The average molecular weight is 287 g/mol. The second-order valence-electron chi connectivity index (χ2n) is 4.45. The van der Waals surface area contributed by atoms with Gasteiger partial charge in [-0.05, 0) is 42.8 Å². The van der Waals surface area contributed by atoms with Crippen molar-refractivity contribution < 1.29 is 9.15 Å². The minimum absolute atomic E-state index is 0.158. The maximum absolute atomic E-state index is 11.9. The van der Waals surface area contributed by atoms with Gasteiger partial charge in [0.25, 0.3) is 0 Å². The summed E-state index contributed by atoms with van der Waals surface area (Å²) in [7, 11) is 0. The lowest BCUT2D eigenvalue weighted by Crippen LogP contribution is -2.02. The number of benzene rings is 2. The lowest BCUT2D eigenvalue weighted by Gasteiger charge is -2.06. The molecule has 3 aromatic rings. The van der Waals surface area contributed by atoms with E-state index in [0.29, 0.717) is 16.4 Å². The Labute approximate surface area is 120 Å². The van der Waals surface area contributed by atoms with Gasteiger partial charge in [-0.1, -0.05) is 29.8 Å². The minimum Gasteiger partial charge on any atom is -0.450 e. The Hall–Kier alpha value is -2.26. The van der Waals surface area contributed by atoms with Gasteiger partial charge < -0.3 is 9.15 Å². The van der Waals surface area contributed by atoms with Gasteiger partial charge in [-0.15, -0.1) is 0 Å². The van der Waals surface area contributed by atoms with Gasteiger partial charge in [-0.3, -0.25) is 0 Å². The summed E-state index contributed by atoms with van der Waals surface area (Å²) in [4.78, 5) is 11.9. The average Bonchev–Trinajstić information content (AvgIpc) is 2.44. The first-order valence-electron chi connectivity index (χ1n) is 6.10. The fraction of sp³-hybridized carbons (Fsp3) is 0.0625. The molecule has 0 spiro atoms. The molecule has 0 atom stereocenters. The highest BCUT2D eigenvalue weighted by atomic mass is 35.5. The van der Waals surface area contributed by atoms with Gasteiger partial charge in [0, 0.05) is 10.4 Å². The van der Waals surface area contributed by atoms with Crippen molar-refractivity contribution in [2.45, 2.75) is 6.92 Å². The number of para-hydroxylation sites is 1. The molecule has 0 unspecified atom stereocenters. The molecule has 0 amide bonds. The monoisotopic (exact) mass is 286 g/mol. The molecule has 0 bridgehead atoms. The van der Waals surface area contributed by atoms with Crippen LogP contribution < -0.4 is 10.4 Å². The van der Waals surface area contributed by atoms with E-state index >= 15 is 0 Å². The van der Waals surface area contributed by atoms with Gasteiger partial charge in [0.15, 0.2) is 0 Å². The van der Waals surface area contributed by atoms with Crippen molar-refractivity contribution in [1.29, 1.82) is 0 Å². The van der Waals surface area contributed by atoms with Gasteiger partial charge in [-0.25, -0.2) is 4.79 Å². The van der Waals surface area contributed by atoms with Gasteiger partial charge in [-0.2, -0.15) is 0 Å². The summed E-state index contributed by atoms with van der Waals surface area (Å²) in [6, 6.07) is 14.2. The predicted molar refractivity (Wildman–Crippen MR) is 78.7 cm³/mol. The molecule has 0 radical (unpaired) electrons. The Morgan fingerprint density at radius 2 is 1.90 bits per heavy atom. The predicted octanol–water partition coefficient (Wildman–Crippen LogP) is 4.55. The molecule has 0 aliphatic heterocycles. The zero-order chi connectivity index (χ0) is 14.1. The molecular formula is C16H11ClO3. The number of fused-ring (bicyclic) bond motifs is 1. The molecule has 0 saturated carbocycles. The molecular weight excluding hydrogens is 276 g/mol. The van der Waals surface area contributed by atoms with Crippen LogP contribution >= 0.6 is 11.6 Å². The standard InChI is InChI=1S/C16H11ClO3/c1-10-8-12(6-7-13(10)17)19-15-9-11-4-2-3-5-14(11)20-16(15)18/h2-9H,1H3. The van der Waals surface area contributed by atoms with E-state index in [1.807, 2.05) is 25.1 Å². The van der Waals surface area contributed by atoms with Crippen LogP contribution in [-0.2, 0) is 0 Å². The van der Waals surface area contributed by atoms with Crippen LogP contribution in [0.15, 0.2) is 57.7 Å². The maximum atomic E-state index is 11.9. The van der Waals surface area contributed by atoms with Crippen LogP contribution in [0.2, 0.25) is 5.02 Å². The summed E-state index contributed by atoms with van der Waals surface area (Å²) in [6.07, 6.45) is 0. The summed E-state index contributed by atoms with van der Waals surface area (Å²) < 4.78 is 10.8. The molecule has 4 heteroatoms.